The number of nitrogens with one attached hydrogen (secondary N) is 2. The molecule has 10 heteroatoms. The zero-order chi connectivity index (χ0) is 20.3. The summed E-state index contributed by atoms with van der Waals surface area (Å²) in [5, 5.41) is 20.1. The van der Waals surface area contributed by atoms with Gasteiger partial charge in [0.15, 0.2) is 0 Å². The zero-order valence-corrected chi connectivity index (χ0v) is 16.8. The Morgan fingerprint density at radius 2 is 2.11 bits per heavy atom. The van der Waals surface area contributed by atoms with Crippen LogP contribution in [0.15, 0.2) is 40.4 Å². The third-order valence-electron chi connectivity index (χ3n) is 3.73. The smallest absolute Gasteiger partial charge is 0.268 e. The Morgan fingerprint density at radius 3 is 2.82 bits per heavy atom. The van der Waals surface area contributed by atoms with Crippen LogP contribution in [0.2, 0.25) is 0 Å². The number of nitriles is 1. The highest BCUT2D eigenvalue weighted by molar-refractivity contribution is 7.93. The maximum Gasteiger partial charge on any atom is 0.268 e. The van der Waals surface area contributed by atoms with E-state index >= 15 is 0 Å². The second-order valence-electron chi connectivity index (χ2n) is 6.46. The van der Waals surface area contributed by atoms with Crippen molar-refractivity contribution in [1.29, 1.82) is 5.26 Å². The van der Waals surface area contributed by atoms with E-state index in [4.69, 9.17) is 0 Å². The first kappa shape index (κ1) is 19.7. The topological polar surface area (TPSA) is 129 Å². The summed E-state index contributed by atoms with van der Waals surface area (Å²) in [4.78, 5) is 15.5. The van der Waals surface area contributed by atoms with Gasteiger partial charge in [-0.2, -0.15) is 5.26 Å². The number of anilines is 1. The molecule has 1 amide bonds. The lowest BCUT2D eigenvalue weighted by Gasteiger charge is -2.02. The van der Waals surface area contributed by atoms with Crippen molar-refractivity contribution in [3.63, 3.8) is 0 Å². The number of para-hydroxylation sites is 1. The van der Waals surface area contributed by atoms with E-state index in [2.05, 4.69) is 20.5 Å². The van der Waals surface area contributed by atoms with Gasteiger partial charge in [0.25, 0.3) is 5.91 Å². The van der Waals surface area contributed by atoms with Gasteiger partial charge in [-0.25, -0.2) is 8.42 Å². The van der Waals surface area contributed by atoms with Crippen LogP contribution in [0.4, 0.5) is 5.13 Å². The van der Waals surface area contributed by atoms with E-state index in [1.807, 2.05) is 30.3 Å². The maximum absolute atomic E-state index is 12.4. The Labute approximate surface area is 165 Å². The molecule has 0 saturated carbocycles. The Kier molecular flexibility index (Phi) is 5.58. The molecule has 0 bridgehead atoms. The highest BCUT2D eigenvalue weighted by Crippen LogP contribution is 2.24. The second-order valence-corrected chi connectivity index (χ2v) is 9.65. The lowest BCUT2D eigenvalue weighted by atomic mass is 10.1. The van der Waals surface area contributed by atoms with Crippen LogP contribution in [-0.4, -0.2) is 35.3 Å². The molecule has 2 N–H and O–H groups in total. The first-order valence-electron chi connectivity index (χ1n) is 8.35. The fourth-order valence-corrected chi connectivity index (χ4v) is 5.18. The quantitative estimate of drug-likeness (QED) is 0.362. The minimum absolute atomic E-state index is 0.0207. The van der Waals surface area contributed by atoms with Crippen LogP contribution in [0.25, 0.3) is 17.0 Å². The van der Waals surface area contributed by atoms with Gasteiger partial charge in [-0.3, -0.25) is 10.1 Å². The minimum Gasteiger partial charge on any atom is -0.361 e. The van der Waals surface area contributed by atoms with Gasteiger partial charge in [0.2, 0.25) is 19.3 Å². The maximum atomic E-state index is 12.4. The molecular formula is C18H17N5O3S2. The van der Waals surface area contributed by atoms with Gasteiger partial charge in [-0.1, -0.05) is 43.4 Å². The molecule has 144 valence electrons. The number of carbonyl (C=O) groups excluding carboxylic acids is 1. The Hall–Kier alpha value is -3.03. The number of aromatic amines is 1. The lowest BCUT2D eigenvalue weighted by Crippen LogP contribution is -2.13. The van der Waals surface area contributed by atoms with Gasteiger partial charge in [0, 0.05) is 22.7 Å². The summed E-state index contributed by atoms with van der Waals surface area (Å²) in [5.41, 5.74) is 1.45. The van der Waals surface area contributed by atoms with Crippen molar-refractivity contribution in [2.24, 2.45) is 5.92 Å². The van der Waals surface area contributed by atoms with Crippen LogP contribution in [-0.2, 0) is 14.6 Å². The number of hydrogen-bond acceptors (Lipinski definition) is 7. The number of amides is 1. The third kappa shape index (κ3) is 4.27. The van der Waals surface area contributed by atoms with Crippen molar-refractivity contribution in [2.75, 3.05) is 11.1 Å². The molecule has 8 nitrogen and oxygen atoms in total. The monoisotopic (exact) mass is 415 g/mol. The van der Waals surface area contributed by atoms with E-state index in [9.17, 15) is 18.5 Å². The molecule has 0 atom stereocenters. The Bertz CT molecular complexity index is 1200. The van der Waals surface area contributed by atoms with E-state index in [-0.39, 0.29) is 26.7 Å². The van der Waals surface area contributed by atoms with Gasteiger partial charge in [0.05, 0.1) is 5.75 Å². The molecule has 2 aromatic heterocycles. The SMILES string of the molecule is CC(C)CS(=O)(=O)c1nnc(NC(=O)/C(C#N)=C\c2c[nH]c3ccccc23)s1. The molecule has 0 radical (unpaired) electrons. The van der Waals surface area contributed by atoms with E-state index in [1.165, 1.54) is 6.08 Å². The summed E-state index contributed by atoms with van der Waals surface area (Å²) in [6, 6.07) is 9.37. The summed E-state index contributed by atoms with van der Waals surface area (Å²) in [6.45, 7) is 3.58. The number of rotatable bonds is 6. The lowest BCUT2D eigenvalue weighted by molar-refractivity contribution is -0.112. The average molecular weight is 416 g/mol. The van der Waals surface area contributed by atoms with Crippen LogP contribution in [0, 0.1) is 17.2 Å². The van der Waals surface area contributed by atoms with Crippen LogP contribution in [0.5, 0.6) is 0 Å². The van der Waals surface area contributed by atoms with Crippen LogP contribution in [0.1, 0.15) is 19.4 Å². The van der Waals surface area contributed by atoms with E-state index in [1.54, 1.807) is 20.0 Å². The number of aromatic nitrogens is 3. The summed E-state index contributed by atoms with van der Waals surface area (Å²) >= 11 is 0.764. The van der Waals surface area contributed by atoms with Crippen molar-refractivity contribution in [3.05, 3.63) is 41.6 Å². The summed E-state index contributed by atoms with van der Waals surface area (Å²) < 4.78 is 24.2. The standard InChI is InChI=1S/C18H17N5O3S2/c1-11(2)10-28(25,26)18-23-22-17(27-18)21-16(24)12(8-19)7-13-9-20-15-6-4-3-5-14(13)15/h3-7,9,11,20H,10H2,1-2H3,(H,21,22,24)/b12-7-. The zero-order valence-electron chi connectivity index (χ0n) is 15.1. The minimum atomic E-state index is -3.56. The van der Waals surface area contributed by atoms with Crippen molar-refractivity contribution in [3.8, 4) is 6.07 Å². The molecule has 3 aromatic rings. The van der Waals surface area contributed by atoms with Crippen molar-refractivity contribution in [1.82, 2.24) is 15.2 Å². The number of H-pyrrole nitrogens is 1. The molecule has 0 saturated heterocycles. The molecular weight excluding hydrogens is 398 g/mol. The predicted octanol–water partition coefficient (Wildman–Crippen LogP) is 2.99. The number of carbonyl (C=O) groups is 1. The molecule has 0 fully saturated rings. The number of sulfone groups is 1. The van der Waals surface area contributed by atoms with Gasteiger partial charge < -0.3 is 4.98 Å². The first-order chi connectivity index (χ1) is 13.3. The highest BCUT2D eigenvalue weighted by Gasteiger charge is 2.23. The van der Waals surface area contributed by atoms with Crippen molar-refractivity contribution in [2.45, 2.75) is 18.2 Å². The van der Waals surface area contributed by atoms with Crippen LogP contribution < -0.4 is 5.32 Å². The van der Waals surface area contributed by atoms with Gasteiger partial charge in [-0.15, -0.1) is 10.2 Å². The van der Waals surface area contributed by atoms with Crippen LogP contribution in [0.3, 0.4) is 0 Å². The molecule has 0 spiro atoms. The Morgan fingerprint density at radius 1 is 1.36 bits per heavy atom. The first-order valence-corrected chi connectivity index (χ1v) is 10.8. The van der Waals surface area contributed by atoms with Crippen molar-refractivity contribution >= 4 is 49.2 Å². The summed E-state index contributed by atoms with van der Waals surface area (Å²) in [5.74, 6) is -0.799. The van der Waals surface area contributed by atoms with Gasteiger partial charge in [-0.05, 0) is 18.1 Å². The predicted molar refractivity (Wildman–Crippen MR) is 107 cm³/mol. The number of fused-ring (bicyclic) bond motifs is 1. The Balaban J connectivity index is 1.81. The van der Waals surface area contributed by atoms with Gasteiger partial charge in [0.1, 0.15) is 11.6 Å². The number of nitrogens with zero attached hydrogens (tertiary/aromatic N) is 3. The van der Waals surface area contributed by atoms with Gasteiger partial charge >= 0.3 is 0 Å². The number of hydrogen-bond donors (Lipinski definition) is 2. The third-order valence-corrected chi connectivity index (χ3v) is 7.10. The second kappa shape index (κ2) is 7.92. The molecule has 3 rings (SSSR count). The molecule has 2 heterocycles. The molecule has 28 heavy (non-hydrogen) atoms. The fourth-order valence-electron chi connectivity index (χ4n) is 2.58. The molecule has 0 aliphatic rings. The van der Waals surface area contributed by atoms with E-state index in [0.29, 0.717) is 5.56 Å². The van der Waals surface area contributed by atoms with Crippen molar-refractivity contribution < 1.29 is 13.2 Å². The summed E-state index contributed by atoms with van der Waals surface area (Å²) in [7, 11) is -3.56. The largest absolute Gasteiger partial charge is 0.361 e. The normalized spacial score (nSPS) is 12.3. The molecule has 0 unspecified atom stereocenters. The average Bonchev–Trinajstić information content (AvgIpc) is 3.26. The fraction of sp³-hybridized carbons (Fsp3) is 0.222. The molecule has 0 aliphatic heterocycles. The highest BCUT2D eigenvalue weighted by atomic mass is 32.2. The molecule has 0 aliphatic carbocycles. The number of benzene rings is 1. The van der Waals surface area contributed by atoms with Crippen LogP contribution >= 0.6 is 11.3 Å². The van der Waals surface area contributed by atoms with E-state index < -0.39 is 15.7 Å². The molecule has 1 aromatic carbocycles. The summed E-state index contributed by atoms with van der Waals surface area (Å²) in [6.07, 6.45) is 3.17. The van der Waals surface area contributed by atoms with E-state index in [0.717, 1.165) is 22.2 Å².